The number of benzene rings is 4. The van der Waals surface area contributed by atoms with Crippen molar-refractivity contribution in [1.82, 2.24) is 4.57 Å². The quantitative estimate of drug-likeness (QED) is 0.213. The fourth-order valence-electron chi connectivity index (χ4n) is 5.18. The molecule has 5 aromatic rings. The van der Waals surface area contributed by atoms with Crippen LogP contribution in [0.3, 0.4) is 0 Å². The molecule has 0 aliphatic heterocycles. The van der Waals surface area contributed by atoms with Crippen LogP contribution in [0.25, 0.3) is 38.6 Å². The average molecular weight is 512 g/mol. The van der Waals surface area contributed by atoms with Gasteiger partial charge in [0, 0.05) is 16.5 Å². The van der Waals surface area contributed by atoms with Crippen LogP contribution in [0.2, 0.25) is 0 Å². The molecule has 0 saturated carbocycles. The van der Waals surface area contributed by atoms with Crippen molar-refractivity contribution in [3.63, 3.8) is 0 Å². The maximum absolute atomic E-state index is 13.7. The Kier molecular flexibility index (Phi) is 5.66. The van der Waals surface area contributed by atoms with E-state index >= 15 is 0 Å². The summed E-state index contributed by atoms with van der Waals surface area (Å²) in [5, 5.41) is 1.94. The van der Waals surface area contributed by atoms with Crippen LogP contribution in [0, 0.1) is 13.8 Å². The summed E-state index contributed by atoms with van der Waals surface area (Å²) in [5.74, 6) is 0. The van der Waals surface area contributed by atoms with Crippen LogP contribution in [0.1, 0.15) is 23.6 Å². The first-order valence-electron chi connectivity index (χ1n) is 11.7. The zero-order valence-electron chi connectivity index (χ0n) is 20.3. The Hall–Kier alpha value is -3.74. The molecule has 0 amide bonds. The zero-order valence-corrected chi connectivity index (χ0v) is 20.3. The molecule has 4 aromatic carbocycles. The van der Waals surface area contributed by atoms with E-state index < -0.39 is 23.3 Å². The second kappa shape index (κ2) is 8.40. The third-order valence-electron chi connectivity index (χ3n) is 7.22. The van der Waals surface area contributed by atoms with Crippen molar-refractivity contribution in [1.29, 1.82) is 0 Å². The molecule has 190 valence electrons. The van der Waals surface area contributed by atoms with E-state index in [-0.39, 0.29) is 6.92 Å². The second-order valence-corrected chi connectivity index (χ2v) is 9.53. The lowest BCUT2D eigenvalue weighted by atomic mass is 9.78. The SMILES string of the molecule is Cc1cc(C(C)(C(F)(F)F)C(F)(F)F)cc(C)c1-c1ccc2c(c1)c1ccccc1n2-c1ccccc1. The Labute approximate surface area is 210 Å². The fraction of sp³-hybridized carbons (Fsp3) is 0.200. The minimum atomic E-state index is -5.50. The third-order valence-corrected chi connectivity index (χ3v) is 7.22. The highest BCUT2D eigenvalue weighted by atomic mass is 19.4. The number of alkyl halides is 6. The predicted octanol–water partition coefficient (Wildman–Crippen LogP) is 9.45. The molecule has 0 aliphatic rings. The van der Waals surface area contributed by atoms with Gasteiger partial charge in [0.1, 0.15) is 0 Å². The van der Waals surface area contributed by atoms with Crippen LogP contribution >= 0.6 is 0 Å². The van der Waals surface area contributed by atoms with Gasteiger partial charge in [-0.3, -0.25) is 0 Å². The van der Waals surface area contributed by atoms with Crippen LogP contribution in [0.5, 0.6) is 0 Å². The number of halogens is 6. The molecule has 37 heavy (non-hydrogen) atoms. The van der Waals surface area contributed by atoms with Crippen LogP contribution < -0.4 is 0 Å². The number of fused-ring (bicyclic) bond motifs is 3. The molecule has 0 saturated heterocycles. The van der Waals surface area contributed by atoms with E-state index in [1.165, 1.54) is 0 Å². The van der Waals surface area contributed by atoms with Gasteiger partial charge in [0.25, 0.3) is 0 Å². The first-order valence-corrected chi connectivity index (χ1v) is 11.7. The van der Waals surface area contributed by atoms with Gasteiger partial charge in [0.05, 0.1) is 11.0 Å². The number of aromatic nitrogens is 1. The number of para-hydroxylation sites is 2. The van der Waals surface area contributed by atoms with Crippen LogP contribution in [0.15, 0.2) is 84.9 Å². The van der Waals surface area contributed by atoms with E-state index in [0.717, 1.165) is 45.2 Å². The summed E-state index contributed by atoms with van der Waals surface area (Å²) in [5.41, 5.74) is 0.188. The van der Waals surface area contributed by atoms with E-state index in [1.54, 1.807) is 13.8 Å². The molecular formula is C30H23F6N. The Morgan fingerprint density at radius 2 is 1.14 bits per heavy atom. The van der Waals surface area contributed by atoms with Gasteiger partial charge in [0.2, 0.25) is 0 Å². The Morgan fingerprint density at radius 1 is 0.595 bits per heavy atom. The highest BCUT2D eigenvalue weighted by Gasteiger charge is 2.68. The molecule has 0 N–H and O–H groups in total. The fourth-order valence-corrected chi connectivity index (χ4v) is 5.18. The van der Waals surface area contributed by atoms with Crippen molar-refractivity contribution in [2.75, 3.05) is 0 Å². The number of aryl methyl sites for hydroxylation is 2. The molecule has 0 atom stereocenters. The lowest BCUT2D eigenvalue weighted by Crippen LogP contribution is -2.51. The largest absolute Gasteiger partial charge is 0.406 e. The molecule has 5 rings (SSSR count). The molecule has 0 fully saturated rings. The number of hydrogen-bond acceptors (Lipinski definition) is 0. The third kappa shape index (κ3) is 3.79. The summed E-state index contributed by atoms with van der Waals surface area (Å²) in [6, 6.07) is 25.6. The van der Waals surface area contributed by atoms with E-state index in [2.05, 4.69) is 4.57 Å². The highest BCUT2D eigenvalue weighted by Crippen LogP contribution is 2.52. The summed E-state index contributed by atoms with van der Waals surface area (Å²) in [4.78, 5) is 0. The zero-order chi connectivity index (χ0) is 26.8. The molecule has 0 bridgehead atoms. The molecule has 0 aliphatic carbocycles. The molecule has 1 nitrogen and oxygen atoms in total. The van der Waals surface area contributed by atoms with E-state index in [4.69, 9.17) is 0 Å². The van der Waals surface area contributed by atoms with Gasteiger partial charge in [-0.15, -0.1) is 0 Å². The number of rotatable bonds is 3. The van der Waals surface area contributed by atoms with Crippen LogP contribution in [-0.2, 0) is 5.41 Å². The Balaban J connectivity index is 1.72. The predicted molar refractivity (Wildman–Crippen MR) is 135 cm³/mol. The summed E-state index contributed by atoms with van der Waals surface area (Å²) in [6.45, 7) is 3.30. The maximum atomic E-state index is 13.7. The monoisotopic (exact) mass is 511 g/mol. The molecule has 1 aromatic heterocycles. The van der Waals surface area contributed by atoms with Gasteiger partial charge >= 0.3 is 12.4 Å². The topological polar surface area (TPSA) is 4.93 Å². The normalized spacial score (nSPS) is 13.0. The minimum absolute atomic E-state index is 0.200. The number of hydrogen-bond donors (Lipinski definition) is 0. The van der Waals surface area contributed by atoms with Crippen molar-refractivity contribution in [2.24, 2.45) is 0 Å². The summed E-state index contributed by atoms with van der Waals surface area (Å²) >= 11 is 0. The average Bonchev–Trinajstić information content (AvgIpc) is 3.16. The first-order chi connectivity index (χ1) is 17.3. The smallest absolute Gasteiger partial charge is 0.309 e. The molecular weight excluding hydrogens is 488 g/mol. The van der Waals surface area contributed by atoms with Gasteiger partial charge in [0.15, 0.2) is 5.41 Å². The van der Waals surface area contributed by atoms with Crippen molar-refractivity contribution in [3.05, 3.63) is 102 Å². The Bertz CT molecular complexity index is 1590. The number of nitrogens with zero attached hydrogens (tertiary/aromatic N) is 1. The van der Waals surface area contributed by atoms with Gasteiger partial charge < -0.3 is 4.57 Å². The molecule has 0 radical (unpaired) electrons. The standard InChI is InChI=1S/C30H23F6N/c1-18-15-21(28(3,29(31,32)33)30(34,35)36)16-19(2)27(18)20-13-14-26-24(17-20)23-11-7-8-12-25(23)37(26)22-9-5-4-6-10-22/h4-17H,1-3H3. The van der Waals surface area contributed by atoms with Crippen molar-refractivity contribution < 1.29 is 26.3 Å². The van der Waals surface area contributed by atoms with Gasteiger partial charge in [-0.1, -0.05) is 54.6 Å². The van der Waals surface area contributed by atoms with Gasteiger partial charge in [-0.2, -0.15) is 26.3 Å². The van der Waals surface area contributed by atoms with Gasteiger partial charge in [-0.05, 0) is 78.9 Å². The minimum Gasteiger partial charge on any atom is -0.309 e. The van der Waals surface area contributed by atoms with Crippen LogP contribution in [-0.4, -0.2) is 16.9 Å². The van der Waals surface area contributed by atoms with Crippen molar-refractivity contribution in [3.8, 4) is 16.8 Å². The van der Waals surface area contributed by atoms with E-state index in [0.29, 0.717) is 16.7 Å². The van der Waals surface area contributed by atoms with E-state index in [9.17, 15) is 26.3 Å². The van der Waals surface area contributed by atoms with Crippen molar-refractivity contribution in [2.45, 2.75) is 38.5 Å². The lowest BCUT2D eigenvalue weighted by molar-refractivity contribution is -0.297. The molecule has 7 heteroatoms. The maximum Gasteiger partial charge on any atom is 0.406 e. The summed E-state index contributed by atoms with van der Waals surface area (Å²) < 4.78 is 84.4. The molecule has 1 heterocycles. The Morgan fingerprint density at radius 3 is 1.73 bits per heavy atom. The second-order valence-electron chi connectivity index (χ2n) is 9.53. The first kappa shape index (κ1) is 24.9. The molecule has 0 unspecified atom stereocenters. The van der Waals surface area contributed by atoms with Gasteiger partial charge in [-0.25, -0.2) is 0 Å². The summed E-state index contributed by atoms with van der Waals surface area (Å²) in [7, 11) is 0. The van der Waals surface area contributed by atoms with Crippen LogP contribution in [0.4, 0.5) is 26.3 Å². The van der Waals surface area contributed by atoms with Crippen molar-refractivity contribution >= 4 is 21.8 Å². The lowest BCUT2D eigenvalue weighted by Gasteiger charge is -2.35. The van der Waals surface area contributed by atoms with E-state index in [1.807, 2.05) is 72.8 Å². The molecule has 0 spiro atoms. The summed E-state index contributed by atoms with van der Waals surface area (Å²) in [6.07, 6.45) is -11.0. The highest BCUT2D eigenvalue weighted by molar-refractivity contribution is 6.10.